The van der Waals surface area contributed by atoms with Crippen LogP contribution in [-0.4, -0.2) is 55.9 Å². The van der Waals surface area contributed by atoms with E-state index in [9.17, 15) is 13.2 Å². The fourth-order valence-corrected chi connectivity index (χ4v) is 4.47. The summed E-state index contributed by atoms with van der Waals surface area (Å²) in [5.74, 6) is 0.522. The van der Waals surface area contributed by atoms with E-state index in [1.807, 2.05) is 0 Å². The van der Waals surface area contributed by atoms with Crippen LogP contribution in [0.25, 0.3) is 0 Å². The first-order valence-electron chi connectivity index (χ1n) is 6.30. The third kappa shape index (κ3) is 2.08. The highest BCUT2D eigenvalue weighted by atomic mass is 32.2. The maximum absolute atomic E-state index is 12.3. The Labute approximate surface area is 101 Å². The molecule has 0 spiro atoms. The average molecular weight is 258 g/mol. The van der Waals surface area contributed by atoms with Crippen LogP contribution in [0, 0.1) is 5.92 Å². The van der Waals surface area contributed by atoms with Gasteiger partial charge in [0.1, 0.15) is 0 Å². The number of carbonyl (C=O) groups excluding carboxylic acids is 1. The number of sulfone groups is 1. The number of nitrogens with zero attached hydrogens (tertiary/aromatic N) is 1. The monoisotopic (exact) mass is 258 g/mol. The van der Waals surface area contributed by atoms with Crippen LogP contribution in [0.2, 0.25) is 0 Å². The predicted molar refractivity (Wildman–Crippen MR) is 63.3 cm³/mol. The molecule has 5 nitrogen and oxygen atoms in total. The maximum atomic E-state index is 12.3. The number of carbonyl (C=O) groups is 1. The molecular formula is C11H18N2O3S. The highest BCUT2D eigenvalue weighted by Gasteiger charge is 2.44. The highest BCUT2D eigenvalue weighted by molar-refractivity contribution is 7.91. The number of rotatable bonds is 1. The lowest BCUT2D eigenvalue weighted by atomic mass is 9.88. The zero-order valence-corrected chi connectivity index (χ0v) is 10.6. The molecule has 3 atom stereocenters. The van der Waals surface area contributed by atoms with Crippen molar-refractivity contribution >= 4 is 15.7 Å². The minimum Gasteiger partial charge on any atom is -0.340 e. The second-order valence-corrected chi connectivity index (χ2v) is 7.67. The van der Waals surface area contributed by atoms with Crippen LogP contribution >= 0.6 is 0 Å². The fourth-order valence-electron chi connectivity index (χ4n) is 3.26. The van der Waals surface area contributed by atoms with Crippen LogP contribution in [0.1, 0.15) is 19.3 Å². The summed E-state index contributed by atoms with van der Waals surface area (Å²) in [7, 11) is -2.89. The Balaban J connectivity index is 1.64. The summed E-state index contributed by atoms with van der Waals surface area (Å²) in [6.45, 7) is 0.768. The van der Waals surface area contributed by atoms with Crippen molar-refractivity contribution < 1.29 is 13.2 Å². The molecule has 0 aliphatic carbocycles. The van der Waals surface area contributed by atoms with Crippen LogP contribution in [0.15, 0.2) is 0 Å². The summed E-state index contributed by atoms with van der Waals surface area (Å²) < 4.78 is 22.6. The van der Waals surface area contributed by atoms with Crippen molar-refractivity contribution in [2.75, 3.05) is 24.6 Å². The molecule has 3 saturated heterocycles. The van der Waals surface area contributed by atoms with Gasteiger partial charge < -0.3 is 10.2 Å². The van der Waals surface area contributed by atoms with E-state index in [1.54, 1.807) is 4.90 Å². The summed E-state index contributed by atoms with van der Waals surface area (Å²) in [6, 6.07) is 0.855. The van der Waals surface area contributed by atoms with Gasteiger partial charge in [0.15, 0.2) is 9.84 Å². The van der Waals surface area contributed by atoms with E-state index in [0.717, 1.165) is 12.8 Å². The van der Waals surface area contributed by atoms with Crippen molar-refractivity contribution in [3.63, 3.8) is 0 Å². The summed E-state index contributed by atoms with van der Waals surface area (Å²) >= 11 is 0. The molecule has 3 rings (SSSR count). The van der Waals surface area contributed by atoms with Crippen molar-refractivity contribution in [3.05, 3.63) is 0 Å². The quantitative estimate of drug-likeness (QED) is 0.681. The summed E-state index contributed by atoms with van der Waals surface area (Å²) in [5.41, 5.74) is 0. The second kappa shape index (κ2) is 3.95. The van der Waals surface area contributed by atoms with Gasteiger partial charge in [0, 0.05) is 25.2 Å². The van der Waals surface area contributed by atoms with Gasteiger partial charge in [-0.25, -0.2) is 8.42 Å². The molecule has 3 aliphatic heterocycles. The van der Waals surface area contributed by atoms with E-state index in [4.69, 9.17) is 0 Å². The van der Waals surface area contributed by atoms with Gasteiger partial charge in [-0.1, -0.05) is 0 Å². The zero-order chi connectivity index (χ0) is 12.0. The molecular weight excluding hydrogens is 240 g/mol. The van der Waals surface area contributed by atoms with E-state index in [-0.39, 0.29) is 23.3 Å². The second-order valence-electron chi connectivity index (χ2n) is 5.37. The standard InChI is InChI=1S/C11H18N2O3S/c14-11(9-7-8-1-2-10(9)12-8)13-3-5-17(15,16)6-4-13/h8-10,12H,1-7H2. The van der Waals surface area contributed by atoms with E-state index >= 15 is 0 Å². The minimum absolute atomic E-state index is 0.0922. The van der Waals surface area contributed by atoms with Crippen molar-refractivity contribution in [1.82, 2.24) is 10.2 Å². The number of hydrogen-bond donors (Lipinski definition) is 1. The van der Waals surface area contributed by atoms with Crippen LogP contribution < -0.4 is 5.32 Å². The van der Waals surface area contributed by atoms with Crippen LogP contribution in [0.3, 0.4) is 0 Å². The van der Waals surface area contributed by atoms with Crippen molar-refractivity contribution in [1.29, 1.82) is 0 Å². The summed E-state index contributed by atoms with van der Waals surface area (Å²) in [4.78, 5) is 14.0. The van der Waals surface area contributed by atoms with E-state index in [0.29, 0.717) is 25.2 Å². The number of nitrogens with one attached hydrogen (secondary N) is 1. The third-order valence-electron chi connectivity index (χ3n) is 4.27. The first kappa shape index (κ1) is 11.5. The predicted octanol–water partition coefficient (Wildman–Crippen LogP) is -0.616. The lowest BCUT2D eigenvalue weighted by Crippen LogP contribution is -2.48. The molecule has 2 bridgehead atoms. The first-order valence-corrected chi connectivity index (χ1v) is 8.12. The van der Waals surface area contributed by atoms with Gasteiger partial charge in [0.2, 0.25) is 5.91 Å². The number of hydrogen-bond acceptors (Lipinski definition) is 4. The topological polar surface area (TPSA) is 66.5 Å². The SMILES string of the molecule is O=C(C1CC2CCC1N2)N1CCS(=O)(=O)CC1. The number of amides is 1. The third-order valence-corrected chi connectivity index (χ3v) is 5.88. The van der Waals surface area contributed by atoms with Crippen molar-refractivity contribution in [2.45, 2.75) is 31.3 Å². The van der Waals surface area contributed by atoms with Crippen molar-refractivity contribution in [2.24, 2.45) is 5.92 Å². The van der Waals surface area contributed by atoms with Gasteiger partial charge in [-0.2, -0.15) is 0 Å². The van der Waals surface area contributed by atoms with E-state index in [2.05, 4.69) is 5.32 Å². The number of fused-ring (bicyclic) bond motifs is 2. The lowest BCUT2D eigenvalue weighted by molar-refractivity contribution is -0.135. The zero-order valence-electron chi connectivity index (χ0n) is 9.76. The molecule has 6 heteroatoms. The van der Waals surface area contributed by atoms with Gasteiger partial charge >= 0.3 is 0 Å². The Morgan fingerprint density at radius 3 is 2.41 bits per heavy atom. The van der Waals surface area contributed by atoms with E-state index < -0.39 is 9.84 Å². The maximum Gasteiger partial charge on any atom is 0.227 e. The van der Waals surface area contributed by atoms with Gasteiger partial charge in [0.25, 0.3) is 0 Å². The normalized spacial score (nSPS) is 39.5. The Morgan fingerprint density at radius 2 is 1.88 bits per heavy atom. The molecule has 3 aliphatic rings. The summed E-state index contributed by atoms with van der Waals surface area (Å²) in [6.07, 6.45) is 3.21. The van der Waals surface area contributed by atoms with Crippen LogP contribution in [0.4, 0.5) is 0 Å². The van der Waals surface area contributed by atoms with E-state index in [1.165, 1.54) is 6.42 Å². The van der Waals surface area contributed by atoms with Crippen LogP contribution in [0.5, 0.6) is 0 Å². The Kier molecular flexibility index (Phi) is 2.66. The largest absolute Gasteiger partial charge is 0.340 e. The fraction of sp³-hybridized carbons (Fsp3) is 0.909. The Morgan fingerprint density at radius 1 is 1.18 bits per heavy atom. The smallest absolute Gasteiger partial charge is 0.227 e. The molecule has 17 heavy (non-hydrogen) atoms. The molecule has 3 heterocycles. The minimum atomic E-state index is -2.89. The molecule has 0 saturated carbocycles. The molecule has 3 fully saturated rings. The Bertz CT molecular complexity index is 420. The molecule has 0 radical (unpaired) electrons. The van der Waals surface area contributed by atoms with Gasteiger partial charge in [-0.05, 0) is 19.3 Å². The molecule has 0 aromatic rings. The summed E-state index contributed by atoms with van der Waals surface area (Å²) in [5, 5.41) is 3.45. The molecule has 1 N–H and O–H groups in total. The average Bonchev–Trinajstić information content (AvgIpc) is 2.89. The van der Waals surface area contributed by atoms with Crippen molar-refractivity contribution in [3.8, 4) is 0 Å². The van der Waals surface area contributed by atoms with Crippen LogP contribution in [-0.2, 0) is 14.6 Å². The molecule has 3 unspecified atom stereocenters. The van der Waals surface area contributed by atoms with Gasteiger partial charge in [-0.15, -0.1) is 0 Å². The first-order chi connectivity index (χ1) is 8.05. The highest BCUT2D eigenvalue weighted by Crippen LogP contribution is 2.34. The lowest BCUT2D eigenvalue weighted by Gasteiger charge is -2.31. The Hall–Kier alpha value is -0.620. The van der Waals surface area contributed by atoms with Gasteiger partial charge in [-0.3, -0.25) is 4.79 Å². The molecule has 96 valence electrons. The molecule has 0 aromatic heterocycles. The molecule has 0 aromatic carbocycles. The van der Waals surface area contributed by atoms with Gasteiger partial charge in [0.05, 0.1) is 17.4 Å². The molecule has 1 amide bonds.